The molecular formula is C28H32Cl2FN7O2. The number of aromatic amines is 1. The number of H-pyrrole nitrogens is 1. The molecule has 0 spiro atoms. The van der Waals surface area contributed by atoms with Crippen molar-refractivity contribution in [1.82, 2.24) is 30.0 Å². The van der Waals surface area contributed by atoms with Gasteiger partial charge in [0.25, 0.3) is 0 Å². The maximum absolute atomic E-state index is 16.1. The zero-order chi connectivity index (χ0) is 27.7. The van der Waals surface area contributed by atoms with E-state index in [1.807, 2.05) is 0 Å². The third-order valence-electron chi connectivity index (χ3n) is 8.12. The molecule has 3 saturated heterocycles. The molecule has 12 heteroatoms. The predicted octanol–water partition coefficient (Wildman–Crippen LogP) is 5.84. The van der Waals surface area contributed by atoms with Crippen LogP contribution in [0.1, 0.15) is 56.3 Å². The number of ether oxygens (including phenoxy) is 2. The summed E-state index contributed by atoms with van der Waals surface area (Å²) < 4.78 is 28.1. The highest BCUT2D eigenvalue weighted by Crippen LogP contribution is 2.40. The van der Waals surface area contributed by atoms with Crippen molar-refractivity contribution in [2.75, 3.05) is 44.8 Å². The Hall–Kier alpha value is -2.95. The molecule has 212 valence electrons. The minimum atomic E-state index is -0.614. The summed E-state index contributed by atoms with van der Waals surface area (Å²) in [6, 6.07) is 1.82. The Bertz CT molecular complexity index is 1440. The first-order valence-electron chi connectivity index (χ1n) is 13.8. The van der Waals surface area contributed by atoms with Gasteiger partial charge in [-0.15, -0.1) is 0 Å². The van der Waals surface area contributed by atoms with Gasteiger partial charge in [0.15, 0.2) is 5.82 Å². The number of hydrogen-bond acceptors (Lipinski definition) is 8. The Kier molecular flexibility index (Phi) is 7.83. The van der Waals surface area contributed by atoms with Crippen molar-refractivity contribution in [3.63, 3.8) is 0 Å². The zero-order valence-corrected chi connectivity index (χ0v) is 23.9. The maximum Gasteiger partial charge on any atom is 0.319 e. The van der Waals surface area contributed by atoms with Crippen LogP contribution in [-0.4, -0.2) is 75.5 Å². The van der Waals surface area contributed by atoms with Crippen LogP contribution < -0.4 is 14.4 Å². The SMILES string of the molecule is COc1nc(/C=C(Cl)/C=C\c2cc(Cl)[nH]n2)c(F)c2nc(OCC34CCCN3CCC4)nc(N3CCCCC3)c12. The molecule has 3 aromatic heterocycles. The fraction of sp³-hybridized carbons (Fsp3) is 0.500. The van der Waals surface area contributed by atoms with Crippen LogP contribution in [-0.2, 0) is 0 Å². The van der Waals surface area contributed by atoms with Gasteiger partial charge in [-0.3, -0.25) is 10.00 Å². The van der Waals surface area contributed by atoms with E-state index in [1.165, 1.54) is 13.2 Å². The topological polar surface area (TPSA) is 92.3 Å². The van der Waals surface area contributed by atoms with E-state index in [9.17, 15) is 0 Å². The van der Waals surface area contributed by atoms with Crippen LogP contribution >= 0.6 is 23.2 Å². The summed E-state index contributed by atoms with van der Waals surface area (Å²) in [4.78, 5) is 18.5. The van der Waals surface area contributed by atoms with Gasteiger partial charge in [0, 0.05) is 24.2 Å². The highest BCUT2D eigenvalue weighted by Gasteiger charge is 2.45. The number of aromatic nitrogens is 5. The first kappa shape index (κ1) is 27.2. The molecule has 0 atom stereocenters. The van der Waals surface area contributed by atoms with Gasteiger partial charge in [-0.25, -0.2) is 9.37 Å². The summed E-state index contributed by atoms with van der Waals surface area (Å²) in [6.45, 7) is 4.29. The second-order valence-corrected chi connectivity index (χ2v) is 11.5. The normalized spacial score (nSPS) is 19.6. The molecule has 3 fully saturated rings. The molecule has 1 N–H and O–H groups in total. The molecule has 0 aromatic carbocycles. The zero-order valence-electron chi connectivity index (χ0n) is 22.4. The summed E-state index contributed by atoms with van der Waals surface area (Å²) in [5.41, 5.74) is 0.710. The number of fused-ring (bicyclic) bond motifs is 2. The average molecular weight is 589 g/mol. The molecule has 3 aliphatic heterocycles. The number of nitrogens with zero attached hydrogens (tertiary/aromatic N) is 6. The van der Waals surface area contributed by atoms with Crippen LogP contribution in [0.25, 0.3) is 23.1 Å². The molecule has 6 rings (SSSR count). The van der Waals surface area contributed by atoms with Crippen molar-refractivity contribution in [1.29, 1.82) is 0 Å². The van der Waals surface area contributed by atoms with E-state index in [4.69, 9.17) is 37.7 Å². The number of anilines is 1. The van der Waals surface area contributed by atoms with Crippen molar-refractivity contribution in [3.8, 4) is 11.9 Å². The van der Waals surface area contributed by atoms with Gasteiger partial charge in [-0.05, 0) is 76.3 Å². The van der Waals surface area contributed by atoms with E-state index < -0.39 is 5.82 Å². The predicted molar refractivity (Wildman–Crippen MR) is 155 cm³/mol. The van der Waals surface area contributed by atoms with E-state index in [-0.39, 0.29) is 33.7 Å². The molecule has 0 aliphatic carbocycles. The van der Waals surface area contributed by atoms with Gasteiger partial charge < -0.3 is 14.4 Å². The van der Waals surface area contributed by atoms with Crippen molar-refractivity contribution < 1.29 is 13.9 Å². The largest absolute Gasteiger partial charge is 0.480 e. The number of piperidine rings is 1. The summed E-state index contributed by atoms with van der Waals surface area (Å²) >= 11 is 12.3. The van der Waals surface area contributed by atoms with E-state index in [0.29, 0.717) is 28.7 Å². The second kappa shape index (κ2) is 11.5. The quantitative estimate of drug-likeness (QED) is 0.329. The fourth-order valence-corrected chi connectivity index (χ4v) is 6.48. The number of halogens is 3. The molecule has 0 radical (unpaired) electrons. The highest BCUT2D eigenvalue weighted by molar-refractivity contribution is 6.33. The van der Waals surface area contributed by atoms with Crippen molar-refractivity contribution in [2.24, 2.45) is 0 Å². The van der Waals surface area contributed by atoms with Crippen LogP contribution in [0.15, 0.2) is 17.2 Å². The van der Waals surface area contributed by atoms with Gasteiger partial charge in [0.05, 0.1) is 18.3 Å². The summed E-state index contributed by atoms with van der Waals surface area (Å²) in [5.74, 6) is 0.211. The Morgan fingerprint density at radius 1 is 1.10 bits per heavy atom. The number of allylic oxidation sites excluding steroid dienone is 2. The van der Waals surface area contributed by atoms with Gasteiger partial charge in [-0.2, -0.15) is 15.1 Å². The molecule has 0 amide bonds. The average Bonchev–Trinajstić information content (AvgIpc) is 3.68. The maximum atomic E-state index is 16.1. The number of hydrogen-bond donors (Lipinski definition) is 1. The summed E-state index contributed by atoms with van der Waals surface area (Å²) in [6.07, 6.45) is 12.4. The number of rotatable bonds is 8. The monoisotopic (exact) mass is 587 g/mol. The molecular weight excluding hydrogens is 556 g/mol. The van der Waals surface area contributed by atoms with Crippen LogP contribution in [0, 0.1) is 5.82 Å². The van der Waals surface area contributed by atoms with Crippen molar-refractivity contribution >= 4 is 52.1 Å². The lowest BCUT2D eigenvalue weighted by Crippen LogP contribution is -2.43. The molecule has 0 bridgehead atoms. The smallest absolute Gasteiger partial charge is 0.319 e. The van der Waals surface area contributed by atoms with Crippen molar-refractivity contribution in [3.05, 3.63) is 39.5 Å². The van der Waals surface area contributed by atoms with Crippen molar-refractivity contribution in [2.45, 2.75) is 50.5 Å². The standard InChI is InChI=1S/C28H32Cl2FN7O2/c1-39-26-22-24(23(31)20(32-26)15-18(29)7-8-19-16-21(30)36-35-19)33-27(34-25(22)37-11-3-2-4-12-37)40-17-28-9-5-13-38(28)14-6-10-28/h7-8,15-16H,2-6,9-14,17H2,1H3,(H,35,36)/b8-7-,18-15-. The number of pyridine rings is 1. The molecule has 0 unspecified atom stereocenters. The van der Waals surface area contributed by atoms with E-state index in [0.717, 1.165) is 71.1 Å². The molecule has 6 heterocycles. The lowest BCUT2D eigenvalue weighted by atomic mass is 9.95. The highest BCUT2D eigenvalue weighted by atomic mass is 35.5. The first-order chi connectivity index (χ1) is 19.5. The van der Waals surface area contributed by atoms with Gasteiger partial charge in [0.1, 0.15) is 34.2 Å². The minimum Gasteiger partial charge on any atom is -0.480 e. The molecule has 9 nitrogen and oxygen atoms in total. The van der Waals surface area contributed by atoms with Gasteiger partial charge in [0.2, 0.25) is 5.88 Å². The molecule has 0 saturated carbocycles. The minimum absolute atomic E-state index is 0.00431. The molecule has 40 heavy (non-hydrogen) atoms. The first-order valence-corrected chi connectivity index (χ1v) is 14.6. The Morgan fingerprint density at radius 2 is 1.88 bits per heavy atom. The lowest BCUT2D eigenvalue weighted by Gasteiger charge is -2.32. The van der Waals surface area contributed by atoms with Gasteiger partial charge in [-0.1, -0.05) is 23.2 Å². The molecule has 3 aliphatic rings. The third kappa shape index (κ3) is 5.36. The van der Waals surface area contributed by atoms with Crippen LogP contribution in [0.4, 0.5) is 10.2 Å². The second-order valence-electron chi connectivity index (χ2n) is 10.6. The van der Waals surface area contributed by atoms with E-state index in [2.05, 4.69) is 30.0 Å². The van der Waals surface area contributed by atoms with E-state index >= 15 is 4.39 Å². The Balaban J connectivity index is 1.40. The summed E-state index contributed by atoms with van der Waals surface area (Å²) in [7, 11) is 1.51. The lowest BCUT2D eigenvalue weighted by molar-refractivity contribution is 0.108. The fourth-order valence-electron chi connectivity index (χ4n) is 6.16. The van der Waals surface area contributed by atoms with Gasteiger partial charge >= 0.3 is 6.01 Å². The number of nitrogens with one attached hydrogen (secondary N) is 1. The third-order valence-corrected chi connectivity index (χ3v) is 8.55. The Labute approximate surface area is 242 Å². The Morgan fingerprint density at radius 3 is 2.58 bits per heavy atom. The summed E-state index contributed by atoms with van der Waals surface area (Å²) in [5, 5.41) is 7.76. The van der Waals surface area contributed by atoms with E-state index in [1.54, 1.807) is 18.2 Å². The van der Waals surface area contributed by atoms with Crippen LogP contribution in [0.2, 0.25) is 5.15 Å². The molecule has 3 aromatic rings. The number of methoxy groups -OCH3 is 1. The van der Waals surface area contributed by atoms with Crippen LogP contribution in [0.3, 0.4) is 0 Å². The van der Waals surface area contributed by atoms with Crippen LogP contribution in [0.5, 0.6) is 11.9 Å².